The van der Waals surface area contributed by atoms with Gasteiger partial charge in [-0.05, 0) is 47.6 Å². The van der Waals surface area contributed by atoms with Gasteiger partial charge in [0.25, 0.3) is 0 Å². The van der Waals surface area contributed by atoms with Crippen molar-refractivity contribution in [3.05, 3.63) is 11.9 Å². The van der Waals surface area contributed by atoms with Crippen molar-refractivity contribution < 1.29 is 18.7 Å². The predicted molar refractivity (Wildman–Crippen MR) is 79.4 cm³/mol. The van der Waals surface area contributed by atoms with E-state index in [1.54, 1.807) is 18.7 Å². The van der Waals surface area contributed by atoms with Crippen LogP contribution in [0.3, 0.4) is 0 Å². The molecule has 0 saturated carbocycles. The van der Waals surface area contributed by atoms with Crippen molar-refractivity contribution in [2.75, 3.05) is 13.2 Å². The van der Waals surface area contributed by atoms with E-state index in [0.29, 0.717) is 13.0 Å². The van der Waals surface area contributed by atoms with E-state index in [-0.39, 0.29) is 24.8 Å². The van der Waals surface area contributed by atoms with Crippen molar-refractivity contribution in [2.24, 2.45) is 5.73 Å². The van der Waals surface area contributed by atoms with Gasteiger partial charge in [-0.3, -0.25) is 4.90 Å². The molecule has 2 N–H and O–H groups in total. The molecular weight excluding hydrogens is 275 g/mol. The second kappa shape index (κ2) is 6.75. The third-order valence-corrected chi connectivity index (χ3v) is 3.16. The van der Waals surface area contributed by atoms with Crippen molar-refractivity contribution in [1.29, 1.82) is 0 Å². The Hall–Kier alpha value is -1.14. The second-order valence-corrected chi connectivity index (χ2v) is 6.69. The summed E-state index contributed by atoms with van der Waals surface area (Å²) >= 11 is 0. The van der Waals surface area contributed by atoms with E-state index in [9.17, 15) is 9.18 Å². The van der Waals surface area contributed by atoms with Gasteiger partial charge in [0.15, 0.2) is 0 Å². The van der Waals surface area contributed by atoms with E-state index in [4.69, 9.17) is 15.2 Å². The summed E-state index contributed by atoms with van der Waals surface area (Å²) in [5.74, 6) is -0.258. The Morgan fingerprint density at radius 2 is 2.14 bits per heavy atom. The van der Waals surface area contributed by atoms with Crippen molar-refractivity contribution in [1.82, 2.24) is 4.90 Å². The molecule has 0 aliphatic carbocycles. The number of nitrogens with two attached hydrogens (primary N) is 1. The molecule has 1 amide bonds. The van der Waals surface area contributed by atoms with Crippen LogP contribution >= 0.6 is 0 Å². The van der Waals surface area contributed by atoms with Crippen LogP contribution in [-0.2, 0) is 9.47 Å². The fraction of sp³-hybridized carbons (Fsp3) is 0.800. The summed E-state index contributed by atoms with van der Waals surface area (Å²) in [5.41, 5.74) is 3.97. The average Bonchev–Trinajstić information content (AvgIpc) is 2.60. The van der Waals surface area contributed by atoms with Crippen molar-refractivity contribution in [3.8, 4) is 0 Å². The topological polar surface area (TPSA) is 64.8 Å². The smallest absolute Gasteiger partial charge is 0.412 e. The normalized spacial score (nSPS) is 22.5. The standard InChI is InChI=1S/C15H27FN2O3/c1-14(2,3)21-13(19)18-12(10-20-15(18,4)5)7-6-11(16)8-9-17/h6,12H,7-10,17H2,1-5H3/t12-/m0/s1. The first-order valence-electron chi connectivity index (χ1n) is 7.27. The summed E-state index contributed by atoms with van der Waals surface area (Å²) in [6.07, 6.45) is 1.63. The highest BCUT2D eigenvalue weighted by Crippen LogP contribution is 2.31. The molecular formula is C15H27FN2O3. The molecule has 0 aromatic carbocycles. The highest BCUT2D eigenvalue weighted by atomic mass is 19.1. The van der Waals surface area contributed by atoms with E-state index >= 15 is 0 Å². The Balaban J connectivity index is 2.79. The van der Waals surface area contributed by atoms with Gasteiger partial charge in [-0.2, -0.15) is 0 Å². The minimum atomic E-state index is -0.759. The lowest BCUT2D eigenvalue weighted by Crippen LogP contribution is -2.49. The van der Waals surface area contributed by atoms with Crippen molar-refractivity contribution in [2.45, 2.75) is 64.8 Å². The lowest BCUT2D eigenvalue weighted by Gasteiger charge is -2.34. The highest BCUT2D eigenvalue weighted by molar-refractivity contribution is 5.69. The zero-order chi connectivity index (χ0) is 16.3. The molecule has 122 valence electrons. The quantitative estimate of drug-likeness (QED) is 0.867. The number of amides is 1. The summed E-state index contributed by atoms with van der Waals surface area (Å²) in [7, 11) is 0. The van der Waals surface area contributed by atoms with Crippen molar-refractivity contribution in [3.63, 3.8) is 0 Å². The van der Waals surface area contributed by atoms with E-state index in [0.717, 1.165) is 0 Å². The molecule has 1 atom stereocenters. The molecule has 1 aliphatic rings. The number of hydrogen-bond acceptors (Lipinski definition) is 4. The van der Waals surface area contributed by atoms with Crippen LogP contribution in [0.2, 0.25) is 0 Å². The molecule has 1 rings (SSSR count). The van der Waals surface area contributed by atoms with Gasteiger partial charge in [-0.1, -0.05) is 6.08 Å². The van der Waals surface area contributed by atoms with Crippen LogP contribution in [0, 0.1) is 0 Å². The summed E-state index contributed by atoms with van der Waals surface area (Å²) in [5, 5.41) is 0. The first-order valence-corrected chi connectivity index (χ1v) is 7.27. The maximum atomic E-state index is 13.5. The highest BCUT2D eigenvalue weighted by Gasteiger charge is 2.45. The van der Waals surface area contributed by atoms with Gasteiger partial charge < -0.3 is 15.2 Å². The Bertz CT molecular complexity index is 402. The largest absolute Gasteiger partial charge is 0.444 e. The maximum absolute atomic E-state index is 13.5. The zero-order valence-corrected chi connectivity index (χ0v) is 13.6. The Kier molecular flexibility index (Phi) is 5.75. The first kappa shape index (κ1) is 17.9. The summed E-state index contributed by atoms with van der Waals surface area (Å²) in [4.78, 5) is 13.9. The van der Waals surface area contributed by atoms with Crippen LogP contribution in [-0.4, -0.2) is 41.5 Å². The molecule has 0 radical (unpaired) electrons. The molecule has 1 fully saturated rings. The van der Waals surface area contributed by atoms with E-state index in [2.05, 4.69) is 0 Å². The van der Waals surface area contributed by atoms with Crippen molar-refractivity contribution >= 4 is 6.09 Å². The van der Waals surface area contributed by atoms with Crippen LogP contribution in [0.15, 0.2) is 11.9 Å². The summed E-state index contributed by atoms with van der Waals surface area (Å²) < 4.78 is 24.5. The minimum absolute atomic E-state index is 0.212. The number of hydrogen-bond donors (Lipinski definition) is 1. The van der Waals surface area contributed by atoms with Crippen LogP contribution in [0.5, 0.6) is 0 Å². The molecule has 5 nitrogen and oxygen atoms in total. The van der Waals surface area contributed by atoms with E-state index in [1.807, 2.05) is 20.8 Å². The van der Waals surface area contributed by atoms with Crippen LogP contribution < -0.4 is 5.73 Å². The van der Waals surface area contributed by atoms with Gasteiger partial charge in [0.1, 0.15) is 11.3 Å². The number of ether oxygens (including phenoxy) is 2. The molecule has 0 unspecified atom stereocenters. The van der Waals surface area contributed by atoms with E-state index < -0.39 is 17.4 Å². The first-order chi connectivity index (χ1) is 9.57. The number of halogens is 1. The molecule has 6 heteroatoms. The third kappa shape index (κ3) is 5.28. The predicted octanol–water partition coefficient (Wildman–Crippen LogP) is 2.95. The van der Waals surface area contributed by atoms with Gasteiger partial charge in [-0.15, -0.1) is 0 Å². The molecule has 0 bridgehead atoms. The van der Waals surface area contributed by atoms with Gasteiger partial charge >= 0.3 is 6.09 Å². The lowest BCUT2D eigenvalue weighted by molar-refractivity contribution is -0.0623. The number of rotatable bonds is 4. The fourth-order valence-corrected chi connectivity index (χ4v) is 2.24. The van der Waals surface area contributed by atoms with Gasteiger partial charge in [0.2, 0.25) is 0 Å². The minimum Gasteiger partial charge on any atom is -0.444 e. The number of carbonyl (C=O) groups is 1. The number of carbonyl (C=O) groups excluding carboxylic acids is 1. The molecule has 1 saturated heterocycles. The van der Waals surface area contributed by atoms with Gasteiger partial charge in [-0.25, -0.2) is 9.18 Å². The Labute approximate surface area is 126 Å². The fourth-order valence-electron chi connectivity index (χ4n) is 2.24. The Morgan fingerprint density at radius 1 is 1.52 bits per heavy atom. The number of nitrogens with zero attached hydrogens (tertiary/aromatic N) is 1. The molecule has 0 spiro atoms. The SMILES string of the molecule is CC(C)(C)OC(=O)N1[C@@H](CC=C(F)CCN)COC1(C)C. The zero-order valence-electron chi connectivity index (χ0n) is 13.6. The van der Waals surface area contributed by atoms with Gasteiger partial charge in [0, 0.05) is 6.42 Å². The third-order valence-electron chi connectivity index (χ3n) is 3.16. The summed E-state index contributed by atoms with van der Waals surface area (Å²) in [6, 6.07) is -0.238. The maximum Gasteiger partial charge on any atom is 0.412 e. The Morgan fingerprint density at radius 3 is 2.67 bits per heavy atom. The van der Waals surface area contributed by atoms with Crippen LogP contribution in [0.25, 0.3) is 0 Å². The van der Waals surface area contributed by atoms with Gasteiger partial charge in [0.05, 0.1) is 18.5 Å². The average molecular weight is 302 g/mol. The summed E-state index contributed by atoms with van der Waals surface area (Å²) in [6.45, 7) is 9.66. The molecule has 0 aromatic heterocycles. The monoisotopic (exact) mass is 302 g/mol. The second-order valence-electron chi connectivity index (χ2n) is 6.69. The molecule has 0 aromatic rings. The van der Waals surface area contributed by atoms with Crippen LogP contribution in [0.1, 0.15) is 47.5 Å². The molecule has 1 aliphatic heterocycles. The van der Waals surface area contributed by atoms with E-state index in [1.165, 1.54) is 6.08 Å². The molecule has 21 heavy (non-hydrogen) atoms. The van der Waals surface area contributed by atoms with Crippen LogP contribution in [0.4, 0.5) is 9.18 Å². The lowest BCUT2D eigenvalue weighted by atomic mass is 10.1. The molecule has 1 heterocycles.